The van der Waals surface area contributed by atoms with Crippen LogP contribution in [-0.4, -0.2) is 17.7 Å². The van der Waals surface area contributed by atoms with Gasteiger partial charge in [0, 0.05) is 34.6 Å². The Bertz CT molecular complexity index is 1510. The van der Waals surface area contributed by atoms with E-state index in [1.807, 2.05) is 60.7 Å². The lowest BCUT2D eigenvalue weighted by molar-refractivity contribution is -0.110. The summed E-state index contributed by atoms with van der Waals surface area (Å²) in [6.45, 7) is 0.440. The average Bonchev–Trinajstić information content (AvgIpc) is 3.26. The monoisotopic (exact) mass is 488 g/mol. The first kappa shape index (κ1) is 23.6. The van der Waals surface area contributed by atoms with Crippen molar-refractivity contribution >= 4 is 40.4 Å². The van der Waals surface area contributed by atoms with Gasteiger partial charge in [-0.05, 0) is 47.5 Å². The molecular formula is C30H24N4O3. The largest absolute Gasteiger partial charge is 0.366 e. The highest BCUT2D eigenvalue weighted by atomic mass is 16.2. The quantitative estimate of drug-likeness (QED) is 0.284. The van der Waals surface area contributed by atoms with Gasteiger partial charge in [0.05, 0.1) is 11.3 Å². The molecule has 0 aliphatic carbocycles. The summed E-state index contributed by atoms with van der Waals surface area (Å²) in [4.78, 5) is 37.3. The van der Waals surface area contributed by atoms with Crippen LogP contribution in [0.2, 0.25) is 0 Å². The predicted octanol–water partition coefficient (Wildman–Crippen LogP) is 4.65. The second-order valence-electron chi connectivity index (χ2n) is 8.57. The van der Waals surface area contributed by atoms with Crippen LogP contribution in [0.15, 0.2) is 103 Å². The molecule has 0 aromatic heterocycles. The van der Waals surface area contributed by atoms with E-state index in [2.05, 4.69) is 16.0 Å². The first-order valence-corrected chi connectivity index (χ1v) is 11.7. The number of nitrogens with two attached hydrogens (primary N) is 1. The highest BCUT2D eigenvalue weighted by Gasteiger charge is 2.29. The Morgan fingerprint density at radius 2 is 1.41 bits per heavy atom. The van der Waals surface area contributed by atoms with E-state index in [-0.39, 0.29) is 11.8 Å². The molecule has 182 valence electrons. The molecule has 7 heteroatoms. The van der Waals surface area contributed by atoms with E-state index in [1.165, 1.54) is 0 Å². The molecule has 7 nitrogen and oxygen atoms in total. The maximum absolute atomic E-state index is 13.1. The Morgan fingerprint density at radius 3 is 2.08 bits per heavy atom. The second-order valence-corrected chi connectivity index (χ2v) is 8.57. The number of benzene rings is 4. The third-order valence-corrected chi connectivity index (χ3v) is 6.07. The minimum Gasteiger partial charge on any atom is -0.366 e. The molecule has 4 aromatic rings. The van der Waals surface area contributed by atoms with Crippen LogP contribution in [0.1, 0.15) is 37.4 Å². The molecule has 1 heterocycles. The number of rotatable bonds is 7. The van der Waals surface area contributed by atoms with Crippen LogP contribution in [0.25, 0.3) is 11.3 Å². The van der Waals surface area contributed by atoms with E-state index in [4.69, 9.17) is 5.73 Å². The van der Waals surface area contributed by atoms with Gasteiger partial charge in [0.25, 0.3) is 11.8 Å². The summed E-state index contributed by atoms with van der Waals surface area (Å²) in [6, 6.07) is 31.2. The van der Waals surface area contributed by atoms with Crippen LogP contribution in [0.3, 0.4) is 0 Å². The number of hydrogen-bond donors (Lipinski definition) is 4. The number of hydrogen-bond acceptors (Lipinski definition) is 4. The minimum absolute atomic E-state index is 0.175. The second kappa shape index (κ2) is 10.2. The van der Waals surface area contributed by atoms with Gasteiger partial charge in [0.2, 0.25) is 5.91 Å². The lowest BCUT2D eigenvalue weighted by Crippen LogP contribution is -2.22. The molecular weight excluding hydrogens is 464 g/mol. The van der Waals surface area contributed by atoms with Crippen molar-refractivity contribution in [2.45, 2.75) is 6.54 Å². The highest BCUT2D eigenvalue weighted by molar-refractivity contribution is 6.37. The average molecular weight is 489 g/mol. The van der Waals surface area contributed by atoms with Crippen molar-refractivity contribution < 1.29 is 14.4 Å². The van der Waals surface area contributed by atoms with Crippen molar-refractivity contribution in [3.05, 3.63) is 131 Å². The smallest absolute Gasteiger partial charge is 0.258 e. The Balaban J connectivity index is 1.43. The summed E-state index contributed by atoms with van der Waals surface area (Å²) in [6.07, 6.45) is 0. The predicted molar refractivity (Wildman–Crippen MR) is 145 cm³/mol. The SMILES string of the molecule is NC(=O)c1ccc2c(c1)NC(=O)/C2=C(\Nc1ccc(C(=O)NCc2ccccc2)cc1)c1ccccc1. The van der Waals surface area contributed by atoms with Gasteiger partial charge in [0.1, 0.15) is 0 Å². The molecule has 0 bridgehead atoms. The normalized spacial score (nSPS) is 13.4. The lowest BCUT2D eigenvalue weighted by Gasteiger charge is -2.15. The fourth-order valence-electron chi connectivity index (χ4n) is 4.19. The van der Waals surface area contributed by atoms with E-state index in [0.717, 1.165) is 11.1 Å². The topological polar surface area (TPSA) is 113 Å². The zero-order chi connectivity index (χ0) is 25.8. The Labute approximate surface area is 214 Å². The molecule has 0 atom stereocenters. The Kier molecular flexibility index (Phi) is 6.50. The van der Waals surface area contributed by atoms with Crippen molar-refractivity contribution in [1.82, 2.24) is 5.32 Å². The standard InChI is InChI=1S/C30H24N4O3/c31-28(35)22-13-16-24-25(17-22)34-30(37)26(24)27(20-9-5-2-6-10-20)33-23-14-11-21(12-15-23)29(36)32-18-19-7-3-1-4-8-19/h1-17,33H,18H2,(H2,31,35)(H,32,36)(H,34,37)/b27-26-. The number of carbonyl (C=O) groups excluding carboxylic acids is 3. The number of carbonyl (C=O) groups is 3. The maximum atomic E-state index is 13.1. The number of anilines is 2. The van der Waals surface area contributed by atoms with Gasteiger partial charge in [0.15, 0.2) is 0 Å². The van der Waals surface area contributed by atoms with Crippen LogP contribution >= 0.6 is 0 Å². The summed E-state index contributed by atoms with van der Waals surface area (Å²) in [5.74, 6) is -1.03. The molecule has 3 amide bonds. The van der Waals surface area contributed by atoms with E-state index in [0.29, 0.717) is 45.9 Å². The lowest BCUT2D eigenvalue weighted by atomic mass is 9.99. The first-order valence-electron chi connectivity index (χ1n) is 11.7. The maximum Gasteiger partial charge on any atom is 0.258 e. The molecule has 0 fully saturated rings. The summed E-state index contributed by atoms with van der Waals surface area (Å²) >= 11 is 0. The molecule has 1 aliphatic heterocycles. The summed E-state index contributed by atoms with van der Waals surface area (Å²) in [5.41, 5.74) is 11.0. The molecule has 1 aliphatic rings. The fourth-order valence-corrected chi connectivity index (χ4v) is 4.19. The third-order valence-electron chi connectivity index (χ3n) is 6.07. The zero-order valence-corrected chi connectivity index (χ0v) is 19.8. The number of primary amides is 1. The van der Waals surface area contributed by atoms with Crippen LogP contribution in [0.4, 0.5) is 11.4 Å². The summed E-state index contributed by atoms with van der Waals surface area (Å²) in [5, 5.41) is 9.12. The number of fused-ring (bicyclic) bond motifs is 1. The highest BCUT2D eigenvalue weighted by Crippen LogP contribution is 2.38. The van der Waals surface area contributed by atoms with E-state index < -0.39 is 5.91 Å². The van der Waals surface area contributed by atoms with Gasteiger partial charge in [-0.1, -0.05) is 66.7 Å². The molecule has 0 saturated heterocycles. The van der Waals surface area contributed by atoms with Crippen LogP contribution in [0.5, 0.6) is 0 Å². The van der Waals surface area contributed by atoms with E-state index in [1.54, 1.807) is 42.5 Å². The molecule has 5 N–H and O–H groups in total. The molecule has 0 unspecified atom stereocenters. The number of nitrogens with one attached hydrogen (secondary N) is 3. The van der Waals surface area contributed by atoms with E-state index in [9.17, 15) is 14.4 Å². The molecule has 4 aromatic carbocycles. The molecule has 5 rings (SSSR count). The van der Waals surface area contributed by atoms with Crippen molar-refractivity contribution in [1.29, 1.82) is 0 Å². The summed E-state index contributed by atoms with van der Waals surface area (Å²) in [7, 11) is 0. The van der Waals surface area contributed by atoms with Gasteiger partial charge in [-0.3, -0.25) is 14.4 Å². The van der Waals surface area contributed by atoms with Crippen LogP contribution in [0, 0.1) is 0 Å². The third kappa shape index (κ3) is 5.11. The van der Waals surface area contributed by atoms with Crippen molar-refractivity contribution in [2.24, 2.45) is 5.73 Å². The summed E-state index contributed by atoms with van der Waals surface area (Å²) < 4.78 is 0. The minimum atomic E-state index is -0.566. The Hall–Kier alpha value is -5.17. The van der Waals surface area contributed by atoms with Gasteiger partial charge in [-0.25, -0.2) is 0 Å². The van der Waals surface area contributed by atoms with Crippen LogP contribution in [-0.2, 0) is 11.3 Å². The van der Waals surface area contributed by atoms with Crippen molar-refractivity contribution in [2.75, 3.05) is 10.6 Å². The first-order chi connectivity index (χ1) is 18.0. The van der Waals surface area contributed by atoms with Crippen molar-refractivity contribution in [3.8, 4) is 0 Å². The number of amides is 3. The van der Waals surface area contributed by atoms with E-state index >= 15 is 0 Å². The Morgan fingerprint density at radius 1 is 0.757 bits per heavy atom. The molecule has 0 radical (unpaired) electrons. The van der Waals surface area contributed by atoms with Crippen LogP contribution < -0.4 is 21.7 Å². The van der Waals surface area contributed by atoms with Gasteiger partial charge >= 0.3 is 0 Å². The van der Waals surface area contributed by atoms with Gasteiger partial charge < -0.3 is 21.7 Å². The molecule has 0 spiro atoms. The van der Waals surface area contributed by atoms with Crippen molar-refractivity contribution in [3.63, 3.8) is 0 Å². The van der Waals surface area contributed by atoms with Gasteiger partial charge in [-0.2, -0.15) is 0 Å². The van der Waals surface area contributed by atoms with Gasteiger partial charge in [-0.15, -0.1) is 0 Å². The zero-order valence-electron chi connectivity index (χ0n) is 19.8. The fraction of sp³-hybridized carbons (Fsp3) is 0.0333. The molecule has 0 saturated carbocycles. The molecule has 37 heavy (non-hydrogen) atoms.